The van der Waals surface area contributed by atoms with Crippen LogP contribution in [0.5, 0.6) is 0 Å². The van der Waals surface area contributed by atoms with Crippen LogP contribution in [0.15, 0.2) is 46.8 Å². The molecule has 0 unspecified atom stereocenters. The molecular formula is C14H10ClN3O2S. The van der Waals surface area contributed by atoms with Crippen molar-refractivity contribution in [2.24, 2.45) is 0 Å². The van der Waals surface area contributed by atoms with Gasteiger partial charge in [0.2, 0.25) is 5.91 Å². The molecule has 0 radical (unpaired) electrons. The van der Waals surface area contributed by atoms with Crippen molar-refractivity contribution in [3.05, 3.63) is 57.4 Å². The van der Waals surface area contributed by atoms with E-state index < -0.39 is 0 Å². The van der Waals surface area contributed by atoms with E-state index in [2.05, 4.69) is 10.3 Å². The number of para-hydroxylation sites is 1. The highest BCUT2D eigenvalue weighted by Crippen LogP contribution is 2.20. The summed E-state index contributed by atoms with van der Waals surface area (Å²) in [6.45, 7) is -0.108. The van der Waals surface area contributed by atoms with Crippen molar-refractivity contribution in [2.75, 3.05) is 5.32 Å². The predicted molar refractivity (Wildman–Crippen MR) is 84.0 cm³/mol. The zero-order valence-corrected chi connectivity index (χ0v) is 12.3. The maximum absolute atomic E-state index is 12.2. The summed E-state index contributed by atoms with van der Waals surface area (Å²) in [5.41, 5.74) is 0.289. The summed E-state index contributed by atoms with van der Waals surface area (Å²) in [6.07, 6.45) is 1.38. The van der Waals surface area contributed by atoms with Crippen molar-refractivity contribution >= 4 is 44.7 Å². The van der Waals surface area contributed by atoms with Gasteiger partial charge in [0.15, 0.2) is 0 Å². The van der Waals surface area contributed by atoms with E-state index in [-0.39, 0.29) is 18.0 Å². The minimum Gasteiger partial charge on any atom is -0.323 e. The lowest BCUT2D eigenvalue weighted by Gasteiger charge is -2.08. The smallest absolute Gasteiger partial charge is 0.262 e. The van der Waals surface area contributed by atoms with Gasteiger partial charge in [0.25, 0.3) is 5.56 Å². The highest BCUT2D eigenvalue weighted by Gasteiger charge is 2.10. The molecule has 2 aromatic heterocycles. The number of thiophene rings is 1. The highest BCUT2D eigenvalue weighted by molar-refractivity contribution is 7.16. The van der Waals surface area contributed by atoms with Crippen molar-refractivity contribution < 1.29 is 4.79 Å². The number of nitrogens with zero attached hydrogens (tertiary/aromatic N) is 2. The van der Waals surface area contributed by atoms with Gasteiger partial charge in [0, 0.05) is 0 Å². The summed E-state index contributed by atoms with van der Waals surface area (Å²) < 4.78 is 1.28. The number of aromatic nitrogens is 2. The Morgan fingerprint density at radius 1 is 1.33 bits per heavy atom. The normalized spacial score (nSPS) is 10.7. The SMILES string of the molecule is O=C(Cn1cnc2sccc2c1=O)Nc1ccccc1Cl. The van der Waals surface area contributed by atoms with E-state index in [4.69, 9.17) is 11.6 Å². The third-order valence-electron chi connectivity index (χ3n) is 2.91. The van der Waals surface area contributed by atoms with Crippen LogP contribution in [-0.2, 0) is 11.3 Å². The first kappa shape index (κ1) is 13.8. The van der Waals surface area contributed by atoms with E-state index in [1.165, 1.54) is 22.2 Å². The van der Waals surface area contributed by atoms with E-state index in [1.54, 1.807) is 35.7 Å². The van der Waals surface area contributed by atoms with Crippen LogP contribution >= 0.6 is 22.9 Å². The van der Waals surface area contributed by atoms with E-state index >= 15 is 0 Å². The molecule has 21 heavy (non-hydrogen) atoms. The molecule has 0 aliphatic heterocycles. The molecule has 5 nitrogen and oxygen atoms in total. The van der Waals surface area contributed by atoms with Gasteiger partial charge < -0.3 is 5.32 Å². The molecular weight excluding hydrogens is 310 g/mol. The fourth-order valence-electron chi connectivity index (χ4n) is 1.91. The van der Waals surface area contributed by atoms with Gasteiger partial charge in [-0.25, -0.2) is 4.98 Å². The monoisotopic (exact) mass is 319 g/mol. The summed E-state index contributed by atoms with van der Waals surface area (Å²) in [6, 6.07) is 8.63. The van der Waals surface area contributed by atoms with E-state index in [9.17, 15) is 9.59 Å². The van der Waals surface area contributed by atoms with E-state index in [0.717, 1.165) is 0 Å². The molecule has 0 saturated heterocycles. The number of hydrogen-bond acceptors (Lipinski definition) is 4. The largest absolute Gasteiger partial charge is 0.323 e. The van der Waals surface area contributed by atoms with Gasteiger partial charge in [-0.2, -0.15) is 0 Å². The molecule has 0 fully saturated rings. The minimum absolute atomic E-state index is 0.108. The topological polar surface area (TPSA) is 64.0 Å². The van der Waals surface area contributed by atoms with E-state index in [0.29, 0.717) is 20.9 Å². The van der Waals surface area contributed by atoms with Crippen molar-refractivity contribution in [2.45, 2.75) is 6.54 Å². The molecule has 0 bridgehead atoms. The highest BCUT2D eigenvalue weighted by atomic mass is 35.5. The first-order valence-corrected chi connectivity index (χ1v) is 7.38. The van der Waals surface area contributed by atoms with Crippen LogP contribution in [0, 0.1) is 0 Å². The molecule has 0 aliphatic carbocycles. The zero-order chi connectivity index (χ0) is 14.8. The zero-order valence-electron chi connectivity index (χ0n) is 10.7. The Balaban J connectivity index is 1.82. The average molecular weight is 320 g/mol. The second-order valence-corrected chi connectivity index (χ2v) is 5.65. The third kappa shape index (κ3) is 2.81. The molecule has 2 heterocycles. The molecule has 1 amide bonds. The van der Waals surface area contributed by atoms with Crippen LogP contribution in [-0.4, -0.2) is 15.5 Å². The molecule has 106 valence electrons. The number of carbonyl (C=O) groups excluding carboxylic acids is 1. The Morgan fingerprint density at radius 3 is 2.95 bits per heavy atom. The fraction of sp³-hybridized carbons (Fsp3) is 0.0714. The standard InChI is InChI=1S/C14H10ClN3O2S/c15-10-3-1-2-4-11(10)17-12(19)7-18-8-16-13-9(14(18)20)5-6-21-13/h1-6,8H,7H2,(H,17,19). The van der Waals surface area contributed by atoms with Crippen molar-refractivity contribution in [1.82, 2.24) is 9.55 Å². The molecule has 0 saturated carbocycles. The molecule has 0 aliphatic rings. The van der Waals surface area contributed by atoms with Crippen LogP contribution in [0.3, 0.4) is 0 Å². The average Bonchev–Trinajstić information content (AvgIpc) is 2.94. The van der Waals surface area contributed by atoms with Gasteiger partial charge in [0.1, 0.15) is 11.4 Å². The summed E-state index contributed by atoms with van der Waals surface area (Å²) in [5.74, 6) is -0.332. The third-order valence-corrected chi connectivity index (χ3v) is 4.06. The Morgan fingerprint density at radius 2 is 2.14 bits per heavy atom. The van der Waals surface area contributed by atoms with Gasteiger partial charge in [0.05, 0.1) is 22.4 Å². The van der Waals surface area contributed by atoms with Gasteiger partial charge in [-0.05, 0) is 23.6 Å². The van der Waals surface area contributed by atoms with Crippen LogP contribution in [0.4, 0.5) is 5.69 Å². The van der Waals surface area contributed by atoms with Crippen molar-refractivity contribution in [3.8, 4) is 0 Å². The van der Waals surface area contributed by atoms with E-state index in [1.807, 2.05) is 0 Å². The number of benzene rings is 1. The first-order valence-electron chi connectivity index (χ1n) is 6.12. The minimum atomic E-state index is -0.332. The van der Waals surface area contributed by atoms with Crippen molar-refractivity contribution in [1.29, 1.82) is 0 Å². The van der Waals surface area contributed by atoms with Crippen LogP contribution in [0.25, 0.3) is 10.2 Å². The number of amides is 1. The molecule has 3 aromatic rings. The quantitative estimate of drug-likeness (QED) is 0.807. The maximum Gasteiger partial charge on any atom is 0.262 e. The summed E-state index contributed by atoms with van der Waals surface area (Å²) in [7, 11) is 0. The second kappa shape index (κ2) is 5.67. The Kier molecular flexibility index (Phi) is 3.72. The molecule has 0 atom stereocenters. The van der Waals surface area contributed by atoms with Crippen LogP contribution < -0.4 is 10.9 Å². The summed E-state index contributed by atoms with van der Waals surface area (Å²) in [5, 5.41) is 5.44. The van der Waals surface area contributed by atoms with Crippen LogP contribution in [0.2, 0.25) is 5.02 Å². The fourth-order valence-corrected chi connectivity index (χ4v) is 2.82. The number of nitrogens with one attached hydrogen (secondary N) is 1. The molecule has 7 heteroatoms. The lowest BCUT2D eigenvalue weighted by atomic mass is 10.3. The maximum atomic E-state index is 12.2. The molecule has 1 N–H and O–H groups in total. The first-order chi connectivity index (χ1) is 10.1. The van der Waals surface area contributed by atoms with Gasteiger partial charge >= 0.3 is 0 Å². The lowest BCUT2D eigenvalue weighted by Crippen LogP contribution is -2.27. The Hall–Kier alpha value is -2.18. The number of fused-ring (bicyclic) bond motifs is 1. The Labute approximate surface area is 128 Å². The van der Waals surface area contributed by atoms with Gasteiger partial charge in [-0.1, -0.05) is 23.7 Å². The number of hydrogen-bond donors (Lipinski definition) is 1. The predicted octanol–water partition coefficient (Wildman–Crippen LogP) is 2.75. The van der Waals surface area contributed by atoms with Gasteiger partial charge in [-0.3, -0.25) is 14.2 Å². The Bertz CT molecular complexity index is 872. The number of carbonyl (C=O) groups is 1. The molecule has 0 spiro atoms. The molecule has 3 rings (SSSR count). The second-order valence-electron chi connectivity index (χ2n) is 4.35. The number of rotatable bonds is 3. The van der Waals surface area contributed by atoms with Gasteiger partial charge in [-0.15, -0.1) is 11.3 Å². The summed E-state index contributed by atoms with van der Waals surface area (Å²) >= 11 is 7.36. The molecule has 1 aromatic carbocycles. The van der Waals surface area contributed by atoms with Crippen LogP contribution in [0.1, 0.15) is 0 Å². The lowest BCUT2D eigenvalue weighted by molar-refractivity contribution is -0.116. The van der Waals surface area contributed by atoms with Crippen molar-refractivity contribution in [3.63, 3.8) is 0 Å². The number of halogens is 1. The number of anilines is 1. The summed E-state index contributed by atoms with van der Waals surface area (Å²) in [4.78, 5) is 29.0.